The van der Waals surface area contributed by atoms with Gasteiger partial charge < -0.3 is 0 Å². The molecule has 2 heteroatoms. The van der Waals surface area contributed by atoms with E-state index in [-0.39, 0.29) is 0 Å². The molecule has 1 aliphatic rings. The molecule has 0 aromatic rings. The van der Waals surface area contributed by atoms with Crippen molar-refractivity contribution in [1.29, 1.82) is 10.5 Å². The second-order valence-corrected chi connectivity index (χ2v) is 3.74. The zero-order valence-corrected chi connectivity index (χ0v) is 8.01. The van der Waals surface area contributed by atoms with Gasteiger partial charge in [0.25, 0.3) is 0 Å². The van der Waals surface area contributed by atoms with Gasteiger partial charge in [-0.3, -0.25) is 0 Å². The third-order valence-corrected chi connectivity index (χ3v) is 2.69. The minimum absolute atomic E-state index is 0.356. The van der Waals surface area contributed by atoms with Crippen LogP contribution in [-0.2, 0) is 0 Å². The molecule has 0 amide bonds. The molecule has 0 aromatic heterocycles. The van der Waals surface area contributed by atoms with Gasteiger partial charge in [0.15, 0.2) is 0 Å². The number of rotatable bonds is 0. The zero-order chi connectivity index (χ0) is 9.68. The van der Waals surface area contributed by atoms with Crippen molar-refractivity contribution in [2.24, 2.45) is 5.92 Å². The Morgan fingerprint density at radius 3 is 2.54 bits per heavy atom. The Morgan fingerprint density at radius 2 is 1.92 bits per heavy atom. The van der Waals surface area contributed by atoms with Crippen LogP contribution in [0.15, 0.2) is 11.1 Å². The van der Waals surface area contributed by atoms with Crippen molar-refractivity contribution in [3.8, 4) is 12.1 Å². The SMILES string of the molecule is CC1CCCC(=C(C#N)C#N)CC1. The number of hydrogen-bond donors (Lipinski definition) is 0. The van der Waals surface area contributed by atoms with Crippen LogP contribution in [0.3, 0.4) is 0 Å². The fourth-order valence-electron chi connectivity index (χ4n) is 1.79. The maximum absolute atomic E-state index is 8.71. The Balaban J connectivity index is 2.77. The van der Waals surface area contributed by atoms with E-state index in [0.29, 0.717) is 5.57 Å². The molecule has 1 unspecified atom stereocenters. The number of hydrogen-bond acceptors (Lipinski definition) is 2. The third kappa shape index (κ3) is 2.60. The molecular formula is C11H14N2. The van der Waals surface area contributed by atoms with Crippen molar-refractivity contribution in [2.45, 2.75) is 39.0 Å². The van der Waals surface area contributed by atoms with Crippen molar-refractivity contribution < 1.29 is 0 Å². The van der Waals surface area contributed by atoms with Crippen LogP contribution in [-0.4, -0.2) is 0 Å². The lowest BCUT2D eigenvalue weighted by atomic mass is 10.0. The Hall–Kier alpha value is -1.28. The van der Waals surface area contributed by atoms with E-state index >= 15 is 0 Å². The standard InChI is InChI=1S/C11H14N2/c1-9-3-2-4-10(6-5-9)11(7-12)8-13/h9H,2-6H2,1H3. The monoisotopic (exact) mass is 174 g/mol. The average Bonchev–Trinajstić information content (AvgIpc) is 2.34. The highest BCUT2D eigenvalue weighted by molar-refractivity contribution is 5.40. The van der Waals surface area contributed by atoms with Crippen LogP contribution >= 0.6 is 0 Å². The van der Waals surface area contributed by atoms with E-state index in [9.17, 15) is 0 Å². The van der Waals surface area contributed by atoms with Crippen LogP contribution < -0.4 is 0 Å². The molecule has 0 saturated heterocycles. The first-order chi connectivity index (χ1) is 6.27. The number of allylic oxidation sites excluding steroid dienone is 2. The lowest BCUT2D eigenvalue weighted by molar-refractivity contribution is 0.507. The molecule has 0 spiro atoms. The highest BCUT2D eigenvalue weighted by atomic mass is 14.3. The number of nitriles is 2. The van der Waals surface area contributed by atoms with Gasteiger partial charge in [-0.05, 0) is 37.2 Å². The van der Waals surface area contributed by atoms with E-state index in [0.717, 1.165) is 37.2 Å². The van der Waals surface area contributed by atoms with Gasteiger partial charge in [0.05, 0.1) is 0 Å². The van der Waals surface area contributed by atoms with Gasteiger partial charge in [-0.1, -0.05) is 13.3 Å². The third-order valence-electron chi connectivity index (χ3n) is 2.69. The molecule has 0 aliphatic heterocycles. The molecule has 0 bridgehead atoms. The van der Waals surface area contributed by atoms with Gasteiger partial charge in [-0.15, -0.1) is 0 Å². The lowest BCUT2D eigenvalue weighted by Gasteiger charge is -2.03. The van der Waals surface area contributed by atoms with Gasteiger partial charge in [-0.2, -0.15) is 10.5 Å². The van der Waals surface area contributed by atoms with E-state index in [1.807, 2.05) is 12.1 Å². The predicted octanol–water partition coefficient (Wildman–Crippen LogP) is 2.93. The maximum Gasteiger partial charge on any atom is 0.128 e. The van der Waals surface area contributed by atoms with Gasteiger partial charge in [0.2, 0.25) is 0 Å². The summed E-state index contributed by atoms with van der Waals surface area (Å²) < 4.78 is 0. The molecule has 1 saturated carbocycles. The van der Waals surface area contributed by atoms with Crippen molar-refractivity contribution in [2.75, 3.05) is 0 Å². The molecule has 13 heavy (non-hydrogen) atoms. The summed E-state index contributed by atoms with van der Waals surface area (Å²) >= 11 is 0. The van der Waals surface area contributed by atoms with Crippen LogP contribution in [0.2, 0.25) is 0 Å². The second kappa shape index (κ2) is 4.67. The van der Waals surface area contributed by atoms with Crippen LogP contribution in [0.4, 0.5) is 0 Å². The molecule has 68 valence electrons. The second-order valence-electron chi connectivity index (χ2n) is 3.74. The van der Waals surface area contributed by atoms with Crippen molar-refractivity contribution in [3.63, 3.8) is 0 Å². The van der Waals surface area contributed by atoms with E-state index in [1.54, 1.807) is 0 Å². The lowest BCUT2D eigenvalue weighted by Crippen LogP contribution is -1.90. The Kier molecular flexibility index (Phi) is 3.53. The van der Waals surface area contributed by atoms with Crippen molar-refractivity contribution in [1.82, 2.24) is 0 Å². The fraction of sp³-hybridized carbons (Fsp3) is 0.636. The van der Waals surface area contributed by atoms with Gasteiger partial charge in [-0.25, -0.2) is 0 Å². The zero-order valence-electron chi connectivity index (χ0n) is 8.01. The first-order valence-corrected chi connectivity index (χ1v) is 4.80. The van der Waals surface area contributed by atoms with Crippen LogP contribution in [0.25, 0.3) is 0 Å². The predicted molar refractivity (Wildman–Crippen MR) is 50.5 cm³/mol. The molecule has 0 N–H and O–H groups in total. The maximum atomic E-state index is 8.71. The molecule has 1 fully saturated rings. The summed E-state index contributed by atoms with van der Waals surface area (Å²) in [5.41, 5.74) is 1.43. The number of nitrogens with zero attached hydrogens (tertiary/aromatic N) is 2. The largest absolute Gasteiger partial charge is 0.192 e. The highest BCUT2D eigenvalue weighted by Crippen LogP contribution is 2.27. The first-order valence-electron chi connectivity index (χ1n) is 4.80. The summed E-state index contributed by atoms with van der Waals surface area (Å²) in [6.45, 7) is 2.24. The molecule has 0 radical (unpaired) electrons. The summed E-state index contributed by atoms with van der Waals surface area (Å²) in [5.74, 6) is 0.746. The fourth-order valence-corrected chi connectivity index (χ4v) is 1.79. The van der Waals surface area contributed by atoms with Crippen LogP contribution in [0.5, 0.6) is 0 Å². The van der Waals surface area contributed by atoms with Gasteiger partial charge in [0.1, 0.15) is 17.7 Å². The molecule has 1 atom stereocenters. The van der Waals surface area contributed by atoms with E-state index in [1.165, 1.54) is 6.42 Å². The Morgan fingerprint density at radius 1 is 1.23 bits per heavy atom. The normalized spacial score (nSPS) is 22.7. The Bertz CT molecular complexity index is 272. The average molecular weight is 174 g/mol. The van der Waals surface area contributed by atoms with E-state index < -0.39 is 0 Å². The molecule has 1 aliphatic carbocycles. The van der Waals surface area contributed by atoms with E-state index in [2.05, 4.69) is 6.92 Å². The topological polar surface area (TPSA) is 47.6 Å². The minimum atomic E-state index is 0.356. The Labute approximate surface area is 79.5 Å². The van der Waals surface area contributed by atoms with Crippen molar-refractivity contribution in [3.05, 3.63) is 11.1 Å². The highest BCUT2D eigenvalue weighted by Gasteiger charge is 2.13. The summed E-state index contributed by atoms with van der Waals surface area (Å²) in [6.07, 6.45) is 5.37. The first kappa shape index (κ1) is 9.81. The molecule has 1 rings (SSSR count). The summed E-state index contributed by atoms with van der Waals surface area (Å²) in [7, 11) is 0. The summed E-state index contributed by atoms with van der Waals surface area (Å²) in [4.78, 5) is 0. The molecule has 0 heterocycles. The molecule has 2 nitrogen and oxygen atoms in total. The molecule has 0 aromatic carbocycles. The van der Waals surface area contributed by atoms with Gasteiger partial charge in [0, 0.05) is 0 Å². The van der Waals surface area contributed by atoms with E-state index in [4.69, 9.17) is 10.5 Å². The molecular weight excluding hydrogens is 160 g/mol. The summed E-state index contributed by atoms with van der Waals surface area (Å²) in [5, 5.41) is 17.4. The van der Waals surface area contributed by atoms with Crippen LogP contribution in [0.1, 0.15) is 39.0 Å². The van der Waals surface area contributed by atoms with Crippen molar-refractivity contribution >= 4 is 0 Å². The quantitative estimate of drug-likeness (QED) is 0.418. The summed E-state index contributed by atoms with van der Waals surface area (Å²) in [6, 6.07) is 3.97. The minimum Gasteiger partial charge on any atom is -0.192 e. The van der Waals surface area contributed by atoms with Gasteiger partial charge >= 0.3 is 0 Å². The van der Waals surface area contributed by atoms with Crippen LogP contribution in [0, 0.1) is 28.6 Å². The smallest absolute Gasteiger partial charge is 0.128 e.